The highest BCUT2D eigenvalue weighted by molar-refractivity contribution is 5.67. The summed E-state index contributed by atoms with van der Waals surface area (Å²) >= 11 is 0. The number of aromatic nitrogens is 2. The van der Waals surface area contributed by atoms with E-state index in [0.29, 0.717) is 17.5 Å². The van der Waals surface area contributed by atoms with E-state index in [4.69, 9.17) is 4.98 Å². The summed E-state index contributed by atoms with van der Waals surface area (Å²) in [5.74, 6) is -0.619. The molecule has 0 aliphatic carbocycles. The van der Waals surface area contributed by atoms with Crippen molar-refractivity contribution in [2.75, 3.05) is 43.4 Å². The standard InChI is InChI=1S/C21H21F2N5/c1-27-9-11-28(12-10-27)21-25-19(15-5-3-2-4-6-15)14-20(26-21)24-16-7-8-17(22)18(23)13-16/h2-8,13-14H,9-12H2,1H3,(H,24,25,26). The molecular weight excluding hydrogens is 360 g/mol. The average Bonchev–Trinajstić information content (AvgIpc) is 2.72. The number of likely N-dealkylation sites (N-methyl/N-ethyl adjacent to an activating group) is 1. The van der Waals surface area contributed by atoms with Crippen molar-refractivity contribution in [1.82, 2.24) is 14.9 Å². The van der Waals surface area contributed by atoms with E-state index in [1.54, 1.807) is 0 Å². The molecule has 5 nitrogen and oxygen atoms in total. The summed E-state index contributed by atoms with van der Waals surface area (Å²) in [4.78, 5) is 13.8. The molecule has 3 aromatic rings. The summed E-state index contributed by atoms with van der Waals surface area (Å²) in [7, 11) is 2.09. The van der Waals surface area contributed by atoms with Crippen LogP contribution < -0.4 is 10.2 Å². The van der Waals surface area contributed by atoms with Crippen molar-refractivity contribution in [1.29, 1.82) is 0 Å². The van der Waals surface area contributed by atoms with Crippen LogP contribution in [0.4, 0.5) is 26.2 Å². The molecule has 0 radical (unpaired) electrons. The van der Waals surface area contributed by atoms with Crippen LogP contribution in [0.3, 0.4) is 0 Å². The van der Waals surface area contributed by atoms with Gasteiger partial charge in [-0.1, -0.05) is 30.3 Å². The third-order valence-corrected chi connectivity index (χ3v) is 4.76. The molecule has 0 bridgehead atoms. The monoisotopic (exact) mass is 381 g/mol. The van der Waals surface area contributed by atoms with Crippen LogP contribution in [-0.2, 0) is 0 Å². The van der Waals surface area contributed by atoms with Gasteiger partial charge in [0, 0.05) is 49.6 Å². The molecule has 1 aliphatic heterocycles. The largest absolute Gasteiger partial charge is 0.340 e. The maximum absolute atomic E-state index is 13.6. The van der Waals surface area contributed by atoms with Crippen molar-refractivity contribution in [3.8, 4) is 11.3 Å². The molecule has 1 fully saturated rings. The predicted octanol–water partition coefficient (Wildman–Crippen LogP) is 3.92. The number of hydrogen-bond donors (Lipinski definition) is 1. The SMILES string of the molecule is CN1CCN(c2nc(Nc3ccc(F)c(F)c3)cc(-c3ccccc3)n2)CC1. The lowest BCUT2D eigenvalue weighted by molar-refractivity contribution is 0.311. The average molecular weight is 381 g/mol. The number of nitrogens with one attached hydrogen (secondary N) is 1. The normalized spacial score (nSPS) is 14.9. The first-order chi connectivity index (χ1) is 13.6. The Morgan fingerprint density at radius 3 is 2.32 bits per heavy atom. The van der Waals surface area contributed by atoms with Crippen molar-refractivity contribution < 1.29 is 8.78 Å². The Labute approximate surface area is 162 Å². The van der Waals surface area contributed by atoms with Gasteiger partial charge in [0.05, 0.1) is 5.69 Å². The van der Waals surface area contributed by atoms with E-state index in [9.17, 15) is 8.78 Å². The molecule has 1 saturated heterocycles. The molecule has 1 aromatic heterocycles. The van der Waals surface area contributed by atoms with Gasteiger partial charge in [-0.15, -0.1) is 0 Å². The third-order valence-electron chi connectivity index (χ3n) is 4.76. The lowest BCUT2D eigenvalue weighted by Gasteiger charge is -2.32. The minimum Gasteiger partial charge on any atom is -0.340 e. The molecule has 0 unspecified atom stereocenters. The molecule has 0 atom stereocenters. The number of halogens is 2. The zero-order chi connectivity index (χ0) is 19.5. The summed E-state index contributed by atoms with van der Waals surface area (Å²) in [6.07, 6.45) is 0. The third kappa shape index (κ3) is 4.09. The molecule has 144 valence electrons. The van der Waals surface area contributed by atoms with Crippen LogP contribution in [0.1, 0.15) is 0 Å². The summed E-state index contributed by atoms with van der Waals surface area (Å²) in [5, 5.41) is 3.08. The van der Waals surface area contributed by atoms with Gasteiger partial charge in [-0.3, -0.25) is 0 Å². The van der Waals surface area contributed by atoms with E-state index in [1.165, 1.54) is 6.07 Å². The van der Waals surface area contributed by atoms with Crippen molar-refractivity contribution in [2.24, 2.45) is 0 Å². The summed E-state index contributed by atoms with van der Waals surface area (Å²) in [6, 6.07) is 15.3. The molecule has 0 spiro atoms. The predicted molar refractivity (Wildman–Crippen MR) is 107 cm³/mol. The smallest absolute Gasteiger partial charge is 0.227 e. The Morgan fingerprint density at radius 1 is 0.857 bits per heavy atom. The Balaban J connectivity index is 1.70. The molecule has 1 N–H and O–H groups in total. The van der Waals surface area contributed by atoms with E-state index in [2.05, 4.69) is 27.1 Å². The van der Waals surface area contributed by atoms with Crippen molar-refractivity contribution in [3.63, 3.8) is 0 Å². The number of nitrogens with zero attached hydrogens (tertiary/aromatic N) is 4. The number of hydrogen-bond acceptors (Lipinski definition) is 5. The van der Waals surface area contributed by atoms with Crippen LogP contribution in [0.15, 0.2) is 54.6 Å². The van der Waals surface area contributed by atoms with Crippen LogP contribution in [0.25, 0.3) is 11.3 Å². The number of benzene rings is 2. The van der Waals surface area contributed by atoms with Gasteiger partial charge in [0.25, 0.3) is 0 Å². The second-order valence-electron chi connectivity index (χ2n) is 6.85. The first-order valence-corrected chi connectivity index (χ1v) is 9.18. The zero-order valence-corrected chi connectivity index (χ0v) is 15.6. The second kappa shape index (κ2) is 7.90. The molecule has 2 heterocycles. The summed E-state index contributed by atoms with van der Waals surface area (Å²) < 4.78 is 26.8. The fourth-order valence-electron chi connectivity index (χ4n) is 3.12. The quantitative estimate of drug-likeness (QED) is 0.742. The number of anilines is 3. The van der Waals surface area contributed by atoms with Crippen molar-refractivity contribution in [2.45, 2.75) is 0 Å². The molecule has 4 rings (SSSR count). The summed E-state index contributed by atoms with van der Waals surface area (Å²) in [6.45, 7) is 3.54. The topological polar surface area (TPSA) is 44.3 Å². The van der Waals surface area contributed by atoms with Crippen molar-refractivity contribution in [3.05, 3.63) is 66.2 Å². The highest BCUT2D eigenvalue weighted by Crippen LogP contribution is 2.26. The lowest BCUT2D eigenvalue weighted by atomic mass is 10.1. The highest BCUT2D eigenvalue weighted by atomic mass is 19.2. The van der Waals surface area contributed by atoms with Crippen molar-refractivity contribution >= 4 is 17.5 Å². The fraction of sp³-hybridized carbons (Fsp3) is 0.238. The van der Waals surface area contributed by atoms with Crippen LogP contribution >= 0.6 is 0 Å². The fourth-order valence-corrected chi connectivity index (χ4v) is 3.12. The van der Waals surface area contributed by atoms with Gasteiger partial charge in [-0.05, 0) is 19.2 Å². The highest BCUT2D eigenvalue weighted by Gasteiger charge is 2.18. The van der Waals surface area contributed by atoms with Gasteiger partial charge in [-0.2, -0.15) is 4.98 Å². The Hall–Kier alpha value is -3.06. The van der Waals surface area contributed by atoms with Crippen LogP contribution in [0, 0.1) is 11.6 Å². The summed E-state index contributed by atoms with van der Waals surface area (Å²) in [5.41, 5.74) is 2.17. The number of piperazine rings is 1. The Kier molecular flexibility index (Phi) is 5.16. The molecule has 1 aliphatic rings. The molecule has 28 heavy (non-hydrogen) atoms. The molecule has 7 heteroatoms. The van der Waals surface area contributed by atoms with Crippen LogP contribution in [0.5, 0.6) is 0 Å². The van der Waals surface area contributed by atoms with Gasteiger partial charge in [0.1, 0.15) is 5.82 Å². The van der Waals surface area contributed by atoms with Gasteiger partial charge in [-0.25, -0.2) is 13.8 Å². The first-order valence-electron chi connectivity index (χ1n) is 9.18. The van der Waals surface area contributed by atoms with E-state index >= 15 is 0 Å². The lowest BCUT2D eigenvalue weighted by Crippen LogP contribution is -2.45. The minimum absolute atomic E-state index is 0.431. The Bertz CT molecular complexity index is 956. The van der Waals surface area contributed by atoms with Crippen LogP contribution in [-0.4, -0.2) is 48.1 Å². The van der Waals surface area contributed by atoms with E-state index in [-0.39, 0.29) is 0 Å². The van der Waals surface area contributed by atoms with Gasteiger partial charge in [0.15, 0.2) is 11.6 Å². The minimum atomic E-state index is -0.901. The van der Waals surface area contributed by atoms with E-state index in [0.717, 1.165) is 49.6 Å². The zero-order valence-electron chi connectivity index (χ0n) is 15.6. The maximum atomic E-state index is 13.6. The van der Waals surface area contributed by atoms with E-state index < -0.39 is 11.6 Å². The Morgan fingerprint density at radius 2 is 1.61 bits per heavy atom. The molecule has 2 aromatic carbocycles. The molecule has 0 amide bonds. The maximum Gasteiger partial charge on any atom is 0.227 e. The molecule has 0 saturated carbocycles. The van der Waals surface area contributed by atoms with Gasteiger partial charge >= 0.3 is 0 Å². The van der Waals surface area contributed by atoms with Crippen LogP contribution in [0.2, 0.25) is 0 Å². The first kappa shape index (κ1) is 18.3. The van der Waals surface area contributed by atoms with E-state index in [1.807, 2.05) is 36.4 Å². The van der Waals surface area contributed by atoms with Gasteiger partial charge in [0.2, 0.25) is 5.95 Å². The second-order valence-corrected chi connectivity index (χ2v) is 6.85. The van der Waals surface area contributed by atoms with Gasteiger partial charge < -0.3 is 15.1 Å². The number of rotatable bonds is 4. The molecular formula is C21H21F2N5.